The maximum absolute atomic E-state index is 12.4. The Balaban J connectivity index is 2.21. The van der Waals surface area contributed by atoms with Gasteiger partial charge in [0.05, 0.1) is 17.0 Å². The molecule has 0 bridgehead atoms. The molecule has 2 heterocycles. The Hall–Kier alpha value is -0.970. The summed E-state index contributed by atoms with van der Waals surface area (Å²) < 4.78 is 0. The minimum atomic E-state index is 0.0738. The largest absolute Gasteiger partial charge is 0.337 e. The van der Waals surface area contributed by atoms with Gasteiger partial charge in [-0.1, -0.05) is 15.9 Å². The van der Waals surface area contributed by atoms with Crippen molar-refractivity contribution in [1.29, 1.82) is 0 Å². The van der Waals surface area contributed by atoms with Crippen LogP contribution in [-0.2, 0) is 0 Å². The van der Waals surface area contributed by atoms with Gasteiger partial charge in [0.25, 0.3) is 5.91 Å². The Bertz CT molecular complexity index is 436. The number of aryl methyl sites for hydroxylation is 2. The summed E-state index contributed by atoms with van der Waals surface area (Å²) in [5.41, 5.74) is 2.17. The third kappa shape index (κ3) is 2.83. The van der Waals surface area contributed by atoms with Crippen LogP contribution < -0.4 is 0 Å². The molecule has 0 saturated carbocycles. The molecule has 1 aliphatic rings. The molecule has 1 fully saturated rings. The fraction of sp³-hybridized carbons (Fsp3) is 0.583. The first kappa shape index (κ1) is 12.5. The number of aromatic nitrogens is 2. The number of hydrogen-bond donors (Lipinski definition) is 0. The molecule has 1 amide bonds. The molecule has 0 spiro atoms. The van der Waals surface area contributed by atoms with Gasteiger partial charge in [-0.25, -0.2) is 0 Å². The second kappa shape index (κ2) is 5.12. The summed E-state index contributed by atoms with van der Waals surface area (Å²) >= 11 is 3.58. The normalized spacial score (nSPS) is 20.4. The molecule has 1 aromatic rings. The van der Waals surface area contributed by atoms with Crippen molar-refractivity contribution in [2.24, 2.45) is 0 Å². The minimum Gasteiger partial charge on any atom is -0.337 e. The molecule has 92 valence electrons. The van der Waals surface area contributed by atoms with Crippen molar-refractivity contribution in [3.05, 3.63) is 23.0 Å². The van der Waals surface area contributed by atoms with Crippen LogP contribution >= 0.6 is 15.9 Å². The molecule has 0 radical (unpaired) electrons. The summed E-state index contributed by atoms with van der Waals surface area (Å²) in [6.45, 7) is 5.29. The lowest BCUT2D eigenvalue weighted by Gasteiger charge is -2.30. The predicted molar refractivity (Wildman–Crippen MR) is 69.4 cm³/mol. The van der Waals surface area contributed by atoms with Gasteiger partial charge in [-0.2, -0.15) is 10.2 Å². The summed E-state index contributed by atoms with van der Waals surface area (Å²) in [6.07, 6.45) is 2.19. The second-order valence-corrected chi connectivity index (χ2v) is 5.77. The highest BCUT2D eigenvalue weighted by molar-refractivity contribution is 9.09. The monoisotopic (exact) mass is 297 g/mol. The van der Waals surface area contributed by atoms with E-state index >= 15 is 0 Å². The molecule has 4 nitrogen and oxygen atoms in total. The molecular formula is C12H16BrN3O. The zero-order valence-electron chi connectivity index (χ0n) is 10.1. The molecule has 0 aromatic carbocycles. The van der Waals surface area contributed by atoms with E-state index in [9.17, 15) is 4.79 Å². The van der Waals surface area contributed by atoms with E-state index in [-0.39, 0.29) is 5.91 Å². The number of carbonyl (C=O) groups is 1. The Kier molecular flexibility index (Phi) is 3.76. The lowest BCUT2D eigenvalue weighted by molar-refractivity contribution is 0.0728. The van der Waals surface area contributed by atoms with Crippen LogP contribution in [-0.4, -0.2) is 38.9 Å². The van der Waals surface area contributed by atoms with E-state index in [1.807, 2.05) is 24.8 Å². The SMILES string of the molecule is Cc1cc(C(=O)N2CCCC(Br)C2)c(C)nn1. The minimum absolute atomic E-state index is 0.0738. The fourth-order valence-electron chi connectivity index (χ4n) is 2.05. The Labute approximate surface area is 110 Å². The highest BCUT2D eigenvalue weighted by Crippen LogP contribution is 2.19. The van der Waals surface area contributed by atoms with Gasteiger partial charge in [-0.05, 0) is 32.8 Å². The van der Waals surface area contributed by atoms with Crippen molar-refractivity contribution in [2.75, 3.05) is 13.1 Å². The number of carbonyl (C=O) groups excluding carboxylic acids is 1. The van der Waals surface area contributed by atoms with Gasteiger partial charge in [0.15, 0.2) is 0 Å². The van der Waals surface area contributed by atoms with Gasteiger partial charge in [0.2, 0.25) is 0 Å². The molecule has 17 heavy (non-hydrogen) atoms. The van der Waals surface area contributed by atoms with Crippen LogP contribution in [0.3, 0.4) is 0 Å². The molecule has 1 aliphatic heterocycles. The molecule has 0 N–H and O–H groups in total. The van der Waals surface area contributed by atoms with E-state index in [0.29, 0.717) is 16.1 Å². The molecular weight excluding hydrogens is 282 g/mol. The molecule has 1 unspecified atom stereocenters. The number of alkyl halides is 1. The second-order valence-electron chi connectivity index (χ2n) is 4.48. The third-order valence-corrected chi connectivity index (χ3v) is 3.73. The summed E-state index contributed by atoms with van der Waals surface area (Å²) in [5.74, 6) is 0.0738. The standard InChI is InChI=1S/C12H16BrN3O/c1-8-6-11(9(2)15-14-8)12(17)16-5-3-4-10(13)7-16/h6,10H,3-5,7H2,1-2H3. The van der Waals surface area contributed by atoms with Crippen molar-refractivity contribution >= 4 is 21.8 Å². The molecule has 1 atom stereocenters. The summed E-state index contributed by atoms with van der Waals surface area (Å²) in [6, 6.07) is 1.82. The Morgan fingerprint density at radius 2 is 2.24 bits per heavy atom. The van der Waals surface area contributed by atoms with E-state index in [4.69, 9.17) is 0 Å². The smallest absolute Gasteiger partial charge is 0.255 e. The first-order chi connectivity index (χ1) is 8.08. The first-order valence-corrected chi connectivity index (χ1v) is 6.74. The maximum atomic E-state index is 12.4. The van der Waals surface area contributed by atoms with Crippen molar-refractivity contribution < 1.29 is 4.79 Å². The molecule has 2 rings (SSSR count). The van der Waals surface area contributed by atoms with E-state index < -0.39 is 0 Å². The van der Waals surface area contributed by atoms with Crippen LogP contribution in [0, 0.1) is 13.8 Å². The van der Waals surface area contributed by atoms with Crippen LogP contribution in [0.25, 0.3) is 0 Å². The van der Waals surface area contributed by atoms with E-state index in [1.165, 1.54) is 0 Å². The van der Waals surface area contributed by atoms with Crippen LogP contribution in [0.1, 0.15) is 34.6 Å². The van der Waals surface area contributed by atoms with Gasteiger partial charge in [-0.15, -0.1) is 0 Å². The van der Waals surface area contributed by atoms with Crippen LogP contribution in [0.5, 0.6) is 0 Å². The topological polar surface area (TPSA) is 46.1 Å². The Morgan fingerprint density at radius 1 is 1.47 bits per heavy atom. The van der Waals surface area contributed by atoms with Crippen LogP contribution in [0.4, 0.5) is 0 Å². The highest BCUT2D eigenvalue weighted by Gasteiger charge is 2.24. The highest BCUT2D eigenvalue weighted by atomic mass is 79.9. The fourth-order valence-corrected chi connectivity index (χ4v) is 2.72. The first-order valence-electron chi connectivity index (χ1n) is 5.82. The number of piperidine rings is 1. The van der Waals surface area contributed by atoms with Crippen molar-refractivity contribution in [2.45, 2.75) is 31.5 Å². The van der Waals surface area contributed by atoms with Gasteiger partial charge < -0.3 is 4.90 Å². The predicted octanol–water partition coefficient (Wildman–Crippen LogP) is 2.09. The lowest BCUT2D eigenvalue weighted by Crippen LogP contribution is -2.40. The maximum Gasteiger partial charge on any atom is 0.255 e. The molecule has 5 heteroatoms. The molecule has 0 aliphatic carbocycles. The average Bonchev–Trinajstić information content (AvgIpc) is 2.31. The van der Waals surface area contributed by atoms with Gasteiger partial charge in [0, 0.05) is 17.9 Å². The van der Waals surface area contributed by atoms with Crippen LogP contribution in [0.15, 0.2) is 6.07 Å². The van der Waals surface area contributed by atoms with Crippen molar-refractivity contribution in [3.8, 4) is 0 Å². The Morgan fingerprint density at radius 3 is 2.94 bits per heavy atom. The number of rotatable bonds is 1. The summed E-state index contributed by atoms with van der Waals surface area (Å²) in [7, 11) is 0. The number of hydrogen-bond acceptors (Lipinski definition) is 3. The number of amides is 1. The van der Waals surface area contributed by atoms with Gasteiger partial charge >= 0.3 is 0 Å². The number of halogens is 1. The van der Waals surface area contributed by atoms with E-state index in [0.717, 1.165) is 31.6 Å². The zero-order valence-corrected chi connectivity index (χ0v) is 11.7. The van der Waals surface area contributed by atoms with E-state index in [2.05, 4.69) is 26.1 Å². The average molecular weight is 298 g/mol. The number of nitrogens with zero attached hydrogens (tertiary/aromatic N) is 3. The lowest BCUT2D eigenvalue weighted by atomic mass is 10.1. The quantitative estimate of drug-likeness (QED) is 0.746. The van der Waals surface area contributed by atoms with Gasteiger partial charge in [0.1, 0.15) is 0 Å². The molecule has 1 saturated heterocycles. The van der Waals surface area contributed by atoms with Crippen molar-refractivity contribution in [3.63, 3.8) is 0 Å². The summed E-state index contributed by atoms with van der Waals surface area (Å²) in [4.78, 5) is 14.7. The van der Waals surface area contributed by atoms with Gasteiger partial charge in [-0.3, -0.25) is 4.79 Å². The molecule has 1 aromatic heterocycles. The zero-order chi connectivity index (χ0) is 12.4. The van der Waals surface area contributed by atoms with E-state index in [1.54, 1.807) is 0 Å². The number of likely N-dealkylation sites (tertiary alicyclic amines) is 1. The van der Waals surface area contributed by atoms with Crippen molar-refractivity contribution in [1.82, 2.24) is 15.1 Å². The third-order valence-electron chi connectivity index (χ3n) is 2.98. The van der Waals surface area contributed by atoms with Crippen LogP contribution in [0.2, 0.25) is 0 Å². The summed E-state index contributed by atoms with van der Waals surface area (Å²) in [5, 5.41) is 7.96.